The van der Waals surface area contributed by atoms with Gasteiger partial charge < -0.3 is 11.5 Å². The number of ether oxygens (including phenoxy) is 1. The summed E-state index contributed by atoms with van der Waals surface area (Å²) in [5.74, 6) is -0.651. The summed E-state index contributed by atoms with van der Waals surface area (Å²) >= 11 is 0. The van der Waals surface area contributed by atoms with Crippen LogP contribution in [0, 0.1) is 10.1 Å². The van der Waals surface area contributed by atoms with E-state index in [0.717, 1.165) is 17.1 Å². The molecule has 1 unspecified atom stereocenters. The number of nitro benzene ring substituents is 1. The van der Waals surface area contributed by atoms with Crippen molar-refractivity contribution in [2.24, 2.45) is 0 Å². The summed E-state index contributed by atoms with van der Waals surface area (Å²) in [6.45, 7) is 0. The smallest absolute Gasteiger partial charge is 1.00 e. The third-order valence-electron chi connectivity index (χ3n) is 3.93. The molecule has 1 aliphatic heterocycles. The van der Waals surface area contributed by atoms with Gasteiger partial charge in [-0.05, 0) is 18.2 Å². The average molecular weight is 448 g/mol. The molecular formula is C15H17N6NaO7S. The van der Waals surface area contributed by atoms with Crippen molar-refractivity contribution >= 4 is 33.1 Å². The summed E-state index contributed by atoms with van der Waals surface area (Å²) < 4.78 is 37.8. The van der Waals surface area contributed by atoms with Gasteiger partial charge in [0.1, 0.15) is 0 Å². The number of hydrogen-bond acceptors (Lipinski definition) is 10. The van der Waals surface area contributed by atoms with E-state index in [0.29, 0.717) is 5.69 Å². The number of para-hydroxylation sites is 1. The molecule has 0 aromatic heterocycles. The maximum Gasteiger partial charge on any atom is 1.00 e. The van der Waals surface area contributed by atoms with E-state index >= 15 is 0 Å². The molecule has 0 radical (unpaired) electrons. The molecule has 2 aromatic carbocycles. The van der Waals surface area contributed by atoms with Crippen molar-refractivity contribution < 1.29 is 58.4 Å². The zero-order valence-electron chi connectivity index (χ0n) is 16.8. The molecule has 0 bridgehead atoms. The van der Waals surface area contributed by atoms with Gasteiger partial charge in [0.05, 0.1) is 23.8 Å². The van der Waals surface area contributed by atoms with E-state index < -0.39 is 37.7 Å². The standard InChI is InChI=1S/C15H16N6O7S.Na.H/c1-28-12-7-11(21(23)24)13(29(25,26)27)8-10(12)20-14(17-18-19-20)15(22)16-9-5-3-2-4-6-9;;/h2-8,14,17-19H,1H3,(H,16,22)(H,25,26,27);;/q;+1;-1. The van der Waals surface area contributed by atoms with Crippen LogP contribution in [-0.2, 0) is 14.9 Å². The Morgan fingerprint density at radius 1 is 1.33 bits per heavy atom. The second kappa shape index (κ2) is 9.67. The van der Waals surface area contributed by atoms with Crippen LogP contribution in [0.5, 0.6) is 5.75 Å². The third kappa shape index (κ3) is 5.05. The SMILES string of the molecule is COc1cc([N+](=O)[O-])c(S(=O)(=O)O)cc1N1NNNC1C(=O)Nc1ccccc1.[H-].[Na+]. The fourth-order valence-electron chi connectivity index (χ4n) is 2.64. The molecule has 1 amide bonds. The van der Waals surface area contributed by atoms with Gasteiger partial charge in [-0.25, -0.2) is 5.43 Å². The molecule has 5 N–H and O–H groups in total. The van der Waals surface area contributed by atoms with Gasteiger partial charge >= 0.3 is 39.7 Å². The minimum absolute atomic E-state index is 0. The fourth-order valence-corrected chi connectivity index (χ4v) is 3.30. The van der Waals surface area contributed by atoms with Crippen molar-refractivity contribution in [3.63, 3.8) is 0 Å². The topological polar surface area (TPSA) is 175 Å². The van der Waals surface area contributed by atoms with Crippen LogP contribution >= 0.6 is 0 Å². The Morgan fingerprint density at radius 3 is 2.57 bits per heavy atom. The predicted octanol–water partition coefficient (Wildman–Crippen LogP) is -2.73. The zero-order chi connectivity index (χ0) is 21.2. The molecule has 156 valence electrons. The van der Waals surface area contributed by atoms with Crippen molar-refractivity contribution in [2.75, 3.05) is 17.4 Å². The number of carbonyl (C=O) groups is 1. The molecular weight excluding hydrogens is 431 g/mol. The van der Waals surface area contributed by atoms with Gasteiger partial charge in [0.15, 0.2) is 16.8 Å². The van der Waals surface area contributed by atoms with Crippen molar-refractivity contribution in [3.05, 3.63) is 52.6 Å². The van der Waals surface area contributed by atoms with Crippen molar-refractivity contribution in [2.45, 2.75) is 11.1 Å². The molecule has 15 heteroatoms. The summed E-state index contributed by atoms with van der Waals surface area (Å²) in [7, 11) is -3.72. The van der Waals surface area contributed by atoms with E-state index in [4.69, 9.17) is 4.74 Å². The first-order chi connectivity index (χ1) is 13.7. The predicted molar refractivity (Wildman–Crippen MR) is 101 cm³/mol. The van der Waals surface area contributed by atoms with Gasteiger partial charge in [0.2, 0.25) is 0 Å². The quantitative estimate of drug-likeness (QED) is 0.134. The Balaban J connectivity index is 0.00000240. The van der Waals surface area contributed by atoms with Gasteiger partial charge in [-0.1, -0.05) is 18.2 Å². The number of amides is 1. The summed E-state index contributed by atoms with van der Waals surface area (Å²) in [6.07, 6.45) is -1.11. The Kier molecular flexibility index (Phi) is 7.73. The largest absolute Gasteiger partial charge is 1.00 e. The summed E-state index contributed by atoms with van der Waals surface area (Å²) in [5, 5.41) is 15.0. The molecule has 0 aliphatic carbocycles. The number of anilines is 2. The number of nitrogens with zero attached hydrogens (tertiary/aromatic N) is 2. The molecule has 1 heterocycles. The van der Waals surface area contributed by atoms with Gasteiger partial charge in [-0.3, -0.25) is 24.5 Å². The monoisotopic (exact) mass is 448 g/mol. The zero-order valence-corrected chi connectivity index (χ0v) is 18.6. The van der Waals surface area contributed by atoms with E-state index in [1.165, 1.54) is 7.11 Å². The van der Waals surface area contributed by atoms with E-state index in [1.807, 2.05) is 0 Å². The number of nitrogens with one attached hydrogen (secondary N) is 4. The molecule has 3 rings (SSSR count). The van der Waals surface area contributed by atoms with Crippen LogP contribution in [0.4, 0.5) is 17.1 Å². The first-order valence-corrected chi connectivity index (χ1v) is 9.41. The number of rotatable bonds is 6. The normalized spacial score (nSPS) is 15.9. The van der Waals surface area contributed by atoms with Crippen LogP contribution in [0.1, 0.15) is 1.43 Å². The van der Waals surface area contributed by atoms with Gasteiger partial charge in [0, 0.05) is 5.69 Å². The van der Waals surface area contributed by atoms with Crippen LogP contribution in [0.15, 0.2) is 47.4 Å². The Labute approximate surface area is 194 Å². The summed E-state index contributed by atoms with van der Waals surface area (Å²) in [6, 6.07) is 10.2. The molecule has 1 aliphatic rings. The van der Waals surface area contributed by atoms with Gasteiger partial charge in [-0.15, -0.1) is 0 Å². The Morgan fingerprint density at radius 2 is 2.00 bits per heavy atom. The molecule has 0 saturated carbocycles. The second-order valence-corrected chi connectivity index (χ2v) is 7.12. The summed E-state index contributed by atoms with van der Waals surface area (Å²) in [4.78, 5) is 21.9. The van der Waals surface area contributed by atoms with Crippen molar-refractivity contribution in [3.8, 4) is 5.75 Å². The van der Waals surface area contributed by atoms with Gasteiger partial charge in [-0.2, -0.15) is 19.5 Å². The molecule has 1 saturated heterocycles. The van der Waals surface area contributed by atoms with E-state index in [2.05, 4.69) is 21.8 Å². The van der Waals surface area contributed by atoms with E-state index in [-0.39, 0.29) is 42.4 Å². The summed E-state index contributed by atoms with van der Waals surface area (Å²) in [5.41, 5.74) is 7.28. The maximum atomic E-state index is 12.6. The number of benzene rings is 2. The van der Waals surface area contributed by atoms with E-state index in [1.54, 1.807) is 30.3 Å². The van der Waals surface area contributed by atoms with Crippen LogP contribution in [0.2, 0.25) is 0 Å². The Hall–Kier alpha value is -2.30. The van der Waals surface area contributed by atoms with Crippen LogP contribution in [0.25, 0.3) is 0 Å². The van der Waals surface area contributed by atoms with E-state index in [9.17, 15) is 27.9 Å². The van der Waals surface area contributed by atoms with Crippen molar-refractivity contribution in [1.82, 2.24) is 16.5 Å². The second-order valence-electron chi connectivity index (χ2n) is 5.73. The molecule has 30 heavy (non-hydrogen) atoms. The number of nitro groups is 1. The third-order valence-corrected chi connectivity index (χ3v) is 4.81. The Bertz CT molecular complexity index is 1060. The van der Waals surface area contributed by atoms with Crippen LogP contribution < -0.4 is 61.1 Å². The van der Waals surface area contributed by atoms with Crippen molar-refractivity contribution in [1.29, 1.82) is 0 Å². The van der Waals surface area contributed by atoms with Crippen LogP contribution in [0.3, 0.4) is 0 Å². The molecule has 2 aromatic rings. The average Bonchev–Trinajstić information content (AvgIpc) is 3.16. The number of hydrazine groups is 3. The molecule has 0 spiro atoms. The van der Waals surface area contributed by atoms with Crippen LogP contribution in [-0.4, -0.2) is 37.1 Å². The fraction of sp³-hybridized carbons (Fsp3) is 0.133. The molecule has 1 fully saturated rings. The minimum atomic E-state index is -4.93. The minimum Gasteiger partial charge on any atom is -1.00 e. The first-order valence-electron chi connectivity index (χ1n) is 7.97. The first kappa shape index (κ1) is 24.0. The number of methoxy groups -OCH3 is 1. The molecule has 1 atom stereocenters. The number of hydrogen-bond donors (Lipinski definition) is 5. The molecule has 13 nitrogen and oxygen atoms in total. The maximum absolute atomic E-state index is 12.6. The number of carbonyl (C=O) groups excluding carboxylic acids is 1. The van der Waals surface area contributed by atoms with Gasteiger partial charge in [0.25, 0.3) is 11.6 Å².